The summed E-state index contributed by atoms with van der Waals surface area (Å²) >= 11 is 5.88. The van der Waals surface area contributed by atoms with Gasteiger partial charge in [0.15, 0.2) is 0 Å². The predicted octanol–water partition coefficient (Wildman–Crippen LogP) is 2.33. The molecule has 0 atom stereocenters. The van der Waals surface area contributed by atoms with Crippen molar-refractivity contribution < 1.29 is 13.2 Å². The van der Waals surface area contributed by atoms with Gasteiger partial charge in [0, 0.05) is 0 Å². The molecule has 6 heteroatoms. The van der Waals surface area contributed by atoms with Crippen LogP contribution in [0.2, 0.25) is 5.02 Å². The Morgan fingerprint density at radius 2 is 2.18 bits per heavy atom. The maximum atomic E-state index is 11.1. The normalized spacial score (nSPS) is 11.2. The molecule has 0 aromatic heterocycles. The van der Waals surface area contributed by atoms with Crippen LogP contribution in [-0.2, 0) is 10.0 Å². The fourth-order valence-electron chi connectivity index (χ4n) is 1.19. The summed E-state index contributed by atoms with van der Waals surface area (Å²) in [6, 6.07) is 4.14. The lowest BCUT2D eigenvalue weighted by atomic mass is 10.3. The van der Waals surface area contributed by atoms with Crippen molar-refractivity contribution in [2.24, 2.45) is 5.14 Å². The Morgan fingerprint density at radius 1 is 1.47 bits per heavy atom. The van der Waals surface area contributed by atoms with E-state index in [1.165, 1.54) is 18.2 Å². The van der Waals surface area contributed by atoms with Gasteiger partial charge in [0.2, 0.25) is 10.0 Å². The van der Waals surface area contributed by atoms with Crippen molar-refractivity contribution in [3.63, 3.8) is 0 Å². The number of hydrogen-bond donors (Lipinski definition) is 1. The predicted molar refractivity (Wildman–Crippen MR) is 67.8 cm³/mol. The first kappa shape index (κ1) is 14.0. The number of halogens is 1. The third kappa shape index (κ3) is 4.38. The largest absolute Gasteiger partial charge is 0.492 e. The second-order valence-electron chi connectivity index (χ2n) is 3.42. The van der Waals surface area contributed by atoms with Gasteiger partial charge in [-0.2, -0.15) is 0 Å². The Bertz CT molecular complexity index is 499. The average Bonchev–Trinajstić information content (AvgIpc) is 2.24. The number of sulfonamides is 1. The lowest BCUT2D eigenvalue weighted by molar-refractivity contribution is 0.312. The molecular weight excluding hydrogens is 262 g/mol. The van der Waals surface area contributed by atoms with Crippen LogP contribution in [0.15, 0.2) is 35.7 Å². The van der Waals surface area contributed by atoms with Gasteiger partial charge in [0.05, 0.1) is 16.5 Å². The lowest BCUT2D eigenvalue weighted by Gasteiger charge is -2.08. The van der Waals surface area contributed by atoms with E-state index in [2.05, 4.69) is 6.58 Å². The number of ether oxygens (including phenoxy) is 1. The number of hydrogen-bond acceptors (Lipinski definition) is 3. The molecule has 1 aromatic rings. The monoisotopic (exact) mass is 275 g/mol. The minimum atomic E-state index is -3.72. The van der Waals surface area contributed by atoms with Crippen LogP contribution in [0.3, 0.4) is 0 Å². The Balaban J connectivity index is 2.73. The summed E-state index contributed by atoms with van der Waals surface area (Å²) in [5.41, 5.74) is 0. The molecule has 0 aliphatic rings. The molecule has 0 spiro atoms. The summed E-state index contributed by atoms with van der Waals surface area (Å²) in [5, 5.41) is 5.21. The van der Waals surface area contributed by atoms with Gasteiger partial charge in [-0.25, -0.2) is 13.6 Å². The van der Waals surface area contributed by atoms with Gasteiger partial charge in [-0.1, -0.05) is 17.7 Å². The molecule has 0 amide bonds. The van der Waals surface area contributed by atoms with Crippen LogP contribution in [0, 0.1) is 0 Å². The zero-order chi connectivity index (χ0) is 12.9. The quantitative estimate of drug-likeness (QED) is 0.640. The fourth-order valence-corrected chi connectivity index (χ4v) is 2.03. The van der Waals surface area contributed by atoms with Gasteiger partial charge >= 0.3 is 0 Å². The van der Waals surface area contributed by atoms with Crippen molar-refractivity contribution in [2.45, 2.75) is 17.7 Å². The fraction of sp³-hybridized carbons (Fsp3) is 0.273. The first-order valence-electron chi connectivity index (χ1n) is 5.01. The van der Waals surface area contributed by atoms with Crippen LogP contribution in [0.5, 0.6) is 5.75 Å². The zero-order valence-electron chi connectivity index (χ0n) is 9.23. The smallest absolute Gasteiger partial charge is 0.238 e. The number of allylic oxidation sites excluding steroid dienone is 1. The van der Waals surface area contributed by atoms with Gasteiger partial charge in [-0.3, -0.25) is 0 Å². The number of unbranched alkanes of at least 4 members (excludes halogenated alkanes) is 1. The number of benzene rings is 1. The summed E-state index contributed by atoms with van der Waals surface area (Å²) < 4.78 is 27.5. The van der Waals surface area contributed by atoms with E-state index in [0.29, 0.717) is 12.4 Å². The average molecular weight is 276 g/mol. The van der Waals surface area contributed by atoms with E-state index in [1.807, 2.05) is 0 Å². The minimum Gasteiger partial charge on any atom is -0.492 e. The molecule has 0 aliphatic carbocycles. The molecule has 94 valence electrons. The van der Waals surface area contributed by atoms with Crippen molar-refractivity contribution in [1.29, 1.82) is 0 Å². The van der Waals surface area contributed by atoms with Crippen LogP contribution in [0.4, 0.5) is 0 Å². The molecule has 0 aliphatic heterocycles. The maximum Gasteiger partial charge on any atom is 0.238 e. The van der Waals surface area contributed by atoms with Crippen LogP contribution >= 0.6 is 11.6 Å². The standard InChI is InChI=1S/C11H14ClNO3S/c1-2-3-4-7-16-11-6-5-9(8-10(11)12)17(13,14)15/h2,5-6,8H,1,3-4,7H2,(H2,13,14,15). The summed E-state index contributed by atoms with van der Waals surface area (Å²) in [5.74, 6) is 0.447. The highest BCUT2D eigenvalue weighted by Gasteiger charge is 2.10. The minimum absolute atomic E-state index is 0.0269. The van der Waals surface area contributed by atoms with Gasteiger partial charge in [0.1, 0.15) is 5.75 Å². The highest BCUT2D eigenvalue weighted by molar-refractivity contribution is 7.89. The second kappa shape index (κ2) is 6.05. The van der Waals surface area contributed by atoms with Crippen molar-refractivity contribution in [1.82, 2.24) is 0 Å². The van der Waals surface area contributed by atoms with E-state index >= 15 is 0 Å². The van der Waals surface area contributed by atoms with Gasteiger partial charge in [-0.15, -0.1) is 6.58 Å². The number of rotatable bonds is 6. The summed E-state index contributed by atoms with van der Waals surface area (Å²) in [6.07, 6.45) is 3.48. The molecule has 1 aromatic carbocycles. The molecule has 0 bridgehead atoms. The molecule has 0 saturated carbocycles. The third-order valence-corrected chi connectivity index (χ3v) is 3.25. The molecule has 17 heavy (non-hydrogen) atoms. The second-order valence-corrected chi connectivity index (χ2v) is 5.39. The van der Waals surface area contributed by atoms with E-state index < -0.39 is 10.0 Å². The molecule has 1 rings (SSSR count). The molecule has 0 heterocycles. The maximum absolute atomic E-state index is 11.1. The number of nitrogens with two attached hydrogens (primary N) is 1. The molecule has 2 N–H and O–H groups in total. The zero-order valence-corrected chi connectivity index (χ0v) is 10.8. The van der Waals surface area contributed by atoms with Gasteiger partial charge < -0.3 is 4.74 Å². The summed E-state index contributed by atoms with van der Waals surface area (Å²) in [4.78, 5) is -0.0269. The van der Waals surface area contributed by atoms with Crippen LogP contribution in [-0.4, -0.2) is 15.0 Å². The van der Waals surface area contributed by atoms with E-state index in [1.54, 1.807) is 6.08 Å². The molecule has 0 fully saturated rings. The van der Waals surface area contributed by atoms with Gasteiger partial charge in [0.25, 0.3) is 0 Å². The van der Waals surface area contributed by atoms with E-state index in [4.69, 9.17) is 21.5 Å². The van der Waals surface area contributed by atoms with Crippen molar-refractivity contribution >= 4 is 21.6 Å². The molecular formula is C11H14ClNO3S. The highest BCUT2D eigenvalue weighted by atomic mass is 35.5. The van der Waals surface area contributed by atoms with E-state index in [-0.39, 0.29) is 9.92 Å². The van der Waals surface area contributed by atoms with Crippen molar-refractivity contribution in [3.05, 3.63) is 35.9 Å². The highest BCUT2D eigenvalue weighted by Crippen LogP contribution is 2.27. The third-order valence-electron chi connectivity index (χ3n) is 2.04. The Kier molecular flexibility index (Phi) is 4.99. The topological polar surface area (TPSA) is 69.4 Å². The Morgan fingerprint density at radius 3 is 2.71 bits per heavy atom. The Labute approximate surface area is 106 Å². The van der Waals surface area contributed by atoms with Crippen LogP contribution < -0.4 is 9.88 Å². The molecule has 0 saturated heterocycles. The summed E-state index contributed by atoms with van der Waals surface area (Å²) in [6.45, 7) is 4.10. The van der Waals surface area contributed by atoms with Crippen LogP contribution in [0.1, 0.15) is 12.8 Å². The summed E-state index contributed by atoms with van der Waals surface area (Å²) in [7, 11) is -3.72. The van der Waals surface area contributed by atoms with Crippen molar-refractivity contribution in [3.8, 4) is 5.75 Å². The Hall–Kier alpha value is -1.04. The van der Waals surface area contributed by atoms with Crippen molar-refractivity contribution in [2.75, 3.05) is 6.61 Å². The van der Waals surface area contributed by atoms with E-state index in [9.17, 15) is 8.42 Å². The number of primary sulfonamides is 1. The van der Waals surface area contributed by atoms with E-state index in [0.717, 1.165) is 12.8 Å². The molecule has 0 unspecified atom stereocenters. The molecule has 0 radical (unpaired) electrons. The molecule has 4 nitrogen and oxygen atoms in total. The van der Waals surface area contributed by atoms with Gasteiger partial charge in [-0.05, 0) is 31.0 Å². The lowest BCUT2D eigenvalue weighted by Crippen LogP contribution is -2.12. The SMILES string of the molecule is C=CCCCOc1ccc(S(N)(=O)=O)cc1Cl. The first-order chi connectivity index (χ1) is 7.95. The van der Waals surface area contributed by atoms with Crippen LogP contribution in [0.25, 0.3) is 0 Å². The first-order valence-corrected chi connectivity index (χ1v) is 6.93.